The molecule has 1 heterocycles. The Bertz CT molecular complexity index is 501. The maximum Gasteiger partial charge on any atom is 0.168 e. The molecule has 0 aromatic heterocycles. The van der Waals surface area contributed by atoms with E-state index in [0.29, 0.717) is 45.3 Å². The summed E-state index contributed by atoms with van der Waals surface area (Å²) in [4.78, 5) is 0. The Balaban J connectivity index is 1.66. The lowest BCUT2D eigenvalue weighted by molar-refractivity contribution is -0.202. The van der Waals surface area contributed by atoms with Crippen molar-refractivity contribution in [3.63, 3.8) is 0 Å². The van der Waals surface area contributed by atoms with Gasteiger partial charge in [-0.05, 0) is 30.5 Å². The van der Waals surface area contributed by atoms with Crippen molar-refractivity contribution < 1.29 is 23.7 Å². The first-order chi connectivity index (χ1) is 10.0. The molecule has 0 unspecified atom stereocenters. The third-order valence-electron chi connectivity index (χ3n) is 4.51. The highest BCUT2D eigenvalue weighted by Crippen LogP contribution is 2.41. The lowest BCUT2D eigenvalue weighted by Crippen LogP contribution is -2.44. The first-order valence-electron chi connectivity index (χ1n) is 7.37. The molecular weight excluding hydrogens is 275 g/mol. The van der Waals surface area contributed by atoms with Gasteiger partial charge in [0.15, 0.2) is 17.4 Å². The summed E-state index contributed by atoms with van der Waals surface area (Å²) < 4.78 is 30.0. The summed E-state index contributed by atoms with van der Waals surface area (Å²) in [5.74, 6) is -0.661. The van der Waals surface area contributed by atoms with Crippen LogP contribution < -0.4 is 4.74 Å². The monoisotopic (exact) mass is 296 g/mol. The van der Waals surface area contributed by atoms with Crippen LogP contribution in [0.5, 0.6) is 5.75 Å². The maximum absolute atomic E-state index is 13.7. The van der Waals surface area contributed by atoms with Crippen LogP contribution in [-0.4, -0.2) is 36.8 Å². The third-order valence-corrected chi connectivity index (χ3v) is 4.51. The van der Waals surface area contributed by atoms with E-state index in [1.165, 1.54) is 13.2 Å². The molecule has 1 spiro atoms. The number of aliphatic hydroxyl groups is 1. The van der Waals surface area contributed by atoms with Gasteiger partial charge < -0.3 is 19.3 Å². The number of hydrogen-bond acceptors (Lipinski definition) is 4. The Labute approximate surface area is 123 Å². The largest absolute Gasteiger partial charge is 0.494 e. The van der Waals surface area contributed by atoms with Crippen LogP contribution in [-0.2, 0) is 15.9 Å². The van der Waals surface area contributed by atoms with Gasteiger partial charge in [-0.25, -0.2) is 4.39 Å². The number of halogens is 1. The molecule has 1 N–H and O–H groups in total. The minimum atomic E-state index is -0.818. The Morgan fingerprint density at radius 2 is 1.86 bits per heavy atom. The molecule has 1 saturated carbocycles. The number of benzene rings is 1. The number of rotatable bonds is 3. The molecule has 1 aromatic rings. The van der Waals surface area contributed by atoms with Crippen molar-refractivity contribution in [1.82, 2.24) is 0 Å². The first-order valence-corrected chi connectivity index (χ1v) is 7.37. The molecule has 5 heteroatoms. The highest BCUT2D eigenvalue weighted by Gasteiger charge is 2.45. The smallest absolute Gasteiger partial charge is 0.168 e. The van der Waals surface area contributed by atoms with E-state index in [1.54, 1.807) is 12.1 Å². The zero-order valence-corrected chi connectivity index (χ0v) is 12.2. The van der Waals surface area contributed by atoms with Gasteiger partial charge in [-0.2, -0.15) is 0 Å². The second-order valence-corrected chi connectivity index (χ2v) is 5.98. The Kier molecular flexibility index (Phi) is 3.90. The molecule has 1 saturated heterocycles. The lowest BCUT2D eigenvalue weighted by Gasteiger charge is -2.40. The third kappa shape index (κ3) is 3.05. The molecule has 0 amide bonds. The predicted molar refractivity (Wildman–Crippen MR) is 74.7 cm³/mol. The van der Waals surface area contributed by atoms with E-state index < -0.39 is 17.2 Å². The van der Waals surface area contributed by atoms with E-state index in [9.17, 15) is 9.50 Å². The van der Waals surface area contributed by atoms with Gasteiger partial charge in [0.05, 0.1) is 25.9 Å². The summed E-state index contributed by atoms with van der Waals surface area (Å²) >= 11 is 0. The summed E-state index contributed by atoms with van der Waals surface area (Å²) in [7, 11) is 1.44. The number of methoxy groups -OCH3 is 1. The van der Waals surface area contributed by atoms with Crippen LogP contribution in [0.2, 0.25) is 0 Å². The van der Waals surface area contributed by atoms with Crippen LogP contribution in [0.3, 0.4) is 0 Å². The molecule has 3 rings (SSSR count). The Morgan fingerprint density at radius 3 is 2.43 bits per heavy atom. The molecule has 0 bridgehead atoms. The van der Waals surface area contributed by atoms with Crippen molar-refractivity contribution >= 4 is 0 Å². The number of hydrogen-bond donors (Lipinski definition) is 1. The topological polar surface area (TPSA) is 47.9 Å². The average molecular weight is 296 g/mol. The molecule has 1 aliphatic carbocycles. The van der Waals surface area contributed by atoms with Crippen molar-refractivity contribution in [2.45, 2.75) is 43.5 Å². The van der Waals surface area contributed by atoms with Crippen LogP contribution in [0.4, 0.5) is 4.39 Å². The fourth-order valence-electron chi connectivity index (χ4n) is 3.26. The Morgan fingerprint density at radius 1 is 1.19 bits per heavy atom. The Hall–Kier alpha value is -1.17. The van der Waals surface area contributed by atoms with Gasteiger partial charge in [0.25, 0.3) is 0 Å². The standard InChI is InChI=1S/C16H21FO4/c1-19-14-3-2-12(10-13(14)17)11-15(18)4-6-16(7-5-15)20-8-9-21-16/h2-3,10,18H,4-9,11H2,1H3. The summed E-state index contributed by atoms with van der Waals surface area (Å²) in [6, 6.07) is 4.83. The van der Waals surface area contributed by atoms with E-state index in [4.69, 9.17) is 14.2 Å². The molecular formula is C16H21FO4. The minimum absolute atomic E-state index is 0.223. The second-order valence-electron chi connectivity index (χ2n) is 5.98. The van der Waals surface area contributed by atoms with Crippen molar-refractivity contribution in [1.29, 1.82) is 0 Å². The van der Waals surface area contributed by atoms with Crippen molar-refractivity contribution in [2.75, 3.05) is 20.3 Å². The molecule has 0 radical (unpaired) electrons. The molecule has 1 aromatic carbocycles. The molecule has 2 aliphatic rings. The normalized spacial score (nSPS) is 23.4. The molecule has 116 valence electrons. The molecule has 4 nitrogen and oxygen atoms in total. The van der Waals surface area contributed by atoms with E-state index in [0.717, 1.165) is 5.56 Å². The van der Waals surface area contributed by atoms with Crippen molar-refractivity contribution in [2.24, 2.45) is 0 Å². The van der Waals surface area contributed by atoms with Crippen molar-refractivity contribution in [3.05, 3.63) is 29.6 Å². The maximum atomic E-state index is 13.7. The average Bonchev–Trinajstić information content (AvgIpc) is 2.92. The number of ether oxygens (including phenoxy) is 3. The van der Waals surface area contributed by atoms with E-state index >= 15 is 0 Å². The van der Waals surface area contributed by atoms with Crippen LogP contribution in [0, 0.1) is 5.82 Å². The fourth-order valence-corrected chi connectivity index (χ4v) is 3.26. The van der Waals surface area contributed by atoms with Gasteiger partial charge in [-0.3, -0.25) is 0 Å². The summed E-state index contributed by atoms with van der Waals surface area (Å²) in [6.07, 6.45) is 3.00. The fraction of sp³-hybridized carbons (Fsp3) is 0.625. The van der Waals surface area contributed by atoms with Crippen LogP contribution >= 0.6 is 0 Å². The van der Waals surface area contributed by atoms with E-state index in [2.05, 4.69) is 0 Å². The van der Waals surface area contributed by atoms with Gasteiger partial charge in [0.1, 0.15) is 0 Å². The second kappa shape index (κ2) is 5.55. The van der Waals surface area contributed by atoms with Crippen LogP contribution in [0.25, 0.3) is 0 Å². The molecule has 0 atom stereocenters. The summed E-state index contributed by atoms with van der Waals surface area (Å²) in [6.45, 7) is 1.25. The first kappa shape index (κ1) is 14.8. The zero-order valence-electron chi connectivity index (χ0n) is 12.2. The van der Waals surface area contributed by atoms with Gasteiger partial charge in [-0.1, -0.05) is 6.07 Å². The molecule has 21 heavy (non-hydrogen) atoms. The van der Waals surface area contributed by atoms with Crippen molar-refractivity contribution in [3.8, 4) is 5.75 Å². The highest BCUT2D eigenvalue weighted by molar-refractivity contribution is 5.30. The minimum Gasteiger partial charge on any atom is -0.494 e. The van der Waals surface area contributed by atoms with Gasteiger partial charge in [0.2, 0.25) is 0 Å². The summed E-state index contributed by atoms with van der Waals surface area (Å²) in [5.41, 5.74) is -0.0401. The van der Waals surface area contributed by atoms with E-state index in [-0.39, 0.29) is 5.75 Å². The van der Waals surface area contributed by atoms with Gasteiger partial charge >= 0.3 is 0 Å². The predicted octanol–water partition coefficient (Wildman–Crippen LogP) is 2.43. The zero-order chi connectivity index (χ0) is 14.9. The SMILES string of the molecule is COc1ccc(CC2(O)CCC3(CC2)OCCO3)cc1F. The molecule has 2 fully saturated rings. The molecule has 1 aliphatic heterocycles. The van der Waals surface area contributed by atoms with Gasteiger partial charge in [-0.15, -0.1) is 0 Å². The van der Waals surface area contributed by atoms with Crippen LogP contribution in [0.1, 0.15) is 31.2 Å². The lowest BCUT2D eigenvalue weighted by atomic mass is 9.78. The van der Waals surface area contributed by atoms with Crippen LogP contribution in [0.15, 0.2) is 18.2 Å². The summed E-state index contributed by atoms with van der Waals surface area (Å²) in [5, 5.41) is 10.7. The highest BCUT2D eigenvalue weighted by atomic mass is 19.1. The van der Waals surface area contributed by atoms with Gasteiger partial charge in [0, 0.05) is 19.3 Å². The quantitative estimate of drug-likeness (QED) is 0.930. The van der Waals surface area contributed by atoms with E-state index in [1.807, 2.05) is 0 Å².